The molecule has 1 aliphatic heterocycles. The van der Waals surface area contributed by atoms with Crippen LogP contribution < -0.4 is 0 Å². The smallest absolute Gasteiger partial charge is 0.306 e. The lowest BCUT2D eigenvalue weighted by Gasteiger charge is -2.16. The number of ether oxygens (including phenoxy) is 1. The zero-order chi connectivity index (χ0) is 11.1. The van der Waals surface area contributed by atoms with Crippen LogP contribution in [0.3, 0.4) is 0 Å². The molecular formula is C13H24O2. The zero-order valence-electron chi connectivity index (χ0n) is 10.1. The van der Waals surface area contributed by atoms with Crippen molar-refractivity contribution in [3.63, 3.8) is 0 Å². The summed E-state index contributed by atoms with van der Waals surface area (Å²) < 4.78 is 5.33. The van der Waals surface area contributed by atoms with Crippen LogP contribution in [0.4, 0.5) is 0 Å². The monoisotopic (exact) mass is 212 g/mol. The SMILES string of the molecule is CCCCCC[C@@H]1CC(=O)O[C@H]1CCC. The molecule has 2 nitrogen and oxygen atoms in total. The largest absolute Gasteiger partial charge is 0.462 e. The van der Waals surface area contributed by atoms with Crippen molar-refractivity contribution in [2.75, 3.05) is 0 Å². The number of carbonyl (C=O) groups is 1. The third kappa shape index (κ3) is 4.23. The minimum Gasteiger partial charge on any atom is -0.462 e. The predicted molar refractivity (Wildman–Crippen MR) is 61.7 cm³/mol. The van der Waals surface area contributed by atoms with Gasteiger partial charge in [-0.3, -0.25) is 4.79 Å². The summed E-state index contributed by atoms with van der Waals surface area (Å²) in [5.74, 6) is 0.531. The van der Waals surface area contributed by atoms with Gasteiger partial charge in [-0.05, 0) is 12.8 Å². The summed E-state index contributed by atoms with van der Waals surface area (Å²) in [7, 11) is 0. The molecule has 1 heterocycles. The lowest BCUT2D eigenvalue weighted by atomic mass is 9.92. The van der Waals surface area contributed by atoms with Crippen LogP contribution >= 0.6 is 0 Å². The molecule has 1 aliphatic rings. The van der Waals surface area contributed by atoms with Gasteiger partial charge in [0.25, 0.3) is 0 Å². The number of unbranched alkanes of at least 4 members (excludes halogenated alkanes) is 3. The van der Waals surface area contributed by atoms with E-state index >= 15 is 0 Å². The Morgan fingerprint density at radius 2 is 1.93 bits per heavy atom. The Morgan fingerprint density at radius 3 is 2.60 bits per heavy atom. The normalized spacial score (nSPS) is 25.6. The standard InChI is InChI=1S/C13H24O2/c1-3-5-6-7-9-11-10-13(14)15-12(11)8-4-2/h11-12H,3-10H2,1-2H3/t11-,12+/m1/s1. The highest BCUT2D eigenvalue weighted by atomic mass is 16.5. The maximum absolute atomic E-state index is 11.2. The quantitative estimate of drug-likeness (QED) is 0.475. The molecule has 0 aromatic heterocycles. The number of hydrogen-bond acceptors (Lipinski definition) is 2. The summed E-state index contributed by atoms with van der Waals surface area (Å²) in [4.78, 5) is 11.2. The Kier molecular flexibility index (Phi) is 5.74. The molecule has 0 unspecified atom stereocenters. The first-order valence-electron chi connectivity index (χ1n) is 6.47. The maximum atomic E-state index is 11.2. The van der Waals surface area contributed by atoms with Crippen LogP contribution in [0.15, 0.2) is 0 Å². The predicted octanol–water partition coefficient (Wildman–Crippen LogP) is 3.69. The van der Waals surface area contributed by atoms with Gasteiger partial charge >= 0.3 is 5.97 Å². The molecule has 1 saturated heterocycles. The van der Waals surface area contributed by atoms with Crippen LogP contribution in [-0.4, -0.2) is 12.1 Å². The first-order chi connectivity index (χ1) is 7.27. The van der Waals surface area contributed by atoms with Crippen LogP contribution in [0, 0.1) is 5.92 Å². The molecule has 0 amide bonds. The summed E-state index contributed by atoms with van der Waals surface area (Å²) in [5.41, 5.74) is 0. The fraction of sp³-hybridized carbons (Fsp3) is 0.923. The second-order valence-corrected chi connectivity index (χ2v) is 4.63. The van der Waals surface area contributed by atoms with Gasteiger partial charge in [0.1, 0.15) is 6.10 Å². The summed E-state index contributed by atoms with van der Waals surface area (Å²) in [5, 5.41) is 0. The number of hydrogen-bond donors (Lipinski definition) is 0. The zero-order valence-corrected chi connectivity index (χ0v) is 10.1. The van der Waals surface area contributed by atoms with Crippen molar-refractivity contribution < 1.29 is 9.53 Å². The number of esters is 1. The van der Waals surface area contributed by atoms with Gasteiger partial charge in [-0.2, -0.15) is 0 Å². The topological polar surface area (TPSA) is 26.3 Å². The van der Waals surface area contributed by atoms with Crippen LogP contribution in [0.5, 0.6) is 0 Å². The fourth-order valence-electron chi connectivity index (χ4n) is 2.36. The van der Waals surface area contributed by atoms with Gasteiger partial charge in [-0.25, -0.2) is 0 Å². The Morgan fingerprint density at radius 1 is 1.13 bits per heavy atom. The first kappa shape index (κ1) is 12.5. The van der Waals surface area contributed by atoms with Gasteiger partial charge in [0.05, 0.1) is 6.42 Å². The summed E-state index contributed by atoms with van der Waals surface area (Å²) in [6, 6.07) is 0. The molecule has 2 atom stereocenters. The molecule has 0 bridgehead atoms. The second-order valence-electron chi connectivity index (χ2n) is 4.63. The van der Waals surface area contributed by atoms with Crippen molar-refractivity contribution >= 4 is 5.97 Å². The van der Waals surface area contributed by atoms with Crippen LogP contribution in [-0.2, 0) is 9.53 Å². The molecular weight excluding hydrogens is 188 g/mol. The second kappa shape index (κ2) is 6.86. The summed E-state index contributed by atoms with van der Waals surface area (Å²) >= 11 is 0. The molecule has 0 saturated carbocycles. The molecule has 0 aromatic carbocycles. The van der Waals surface area contributed by atoms with E-state index in [4.69, 9.17) is 4.74 Å². The van der Waals surface area contributed by atoms with Crippen molar-refractivity contribution in [2.24, 2.45) is 5.92 Å². The van der Waals surface area contributed by atoms with Gasteiger partial charge in [-0.1, -0.05) is 46.0 Å². The fourth-order valence-corrected chi connectivity index (χ4v) is 2.36. The third-order valence-corrected chi connectivity index (χ3v) is 3.24. The van der Waals surface area contributed by atoms with E-state index in [1.807, 2.05) is 0 Å². The Balaban J connectivity index is 2.22. The lowest BCUT2D eigenvalue weighted by molar-refractivity contribution is -0.141. The van der Waals surface area contributed by atoms with E-state index in [1.165, 1.54) is 32.1 Å². The highest BCUT2D eigenvalue weighted by molar-refractivity contribution is 5.72. The van der Waals surface area contributed by atoms with Crippen LogP contribution in [0.25, 0.3) is 0 Å². The molecule has 1 rings (SSSR count). The Bertz CT molecular complexity index is 189. The molecule has 0 radical (unpaired) electrons. The van der Waals surface area contributed by atoms with Crippen molar-refractivity contribution in [1.82, 2.24) is 0 Å². The average Bonchev–Trinajstić information content (AvgIpc) is 2.55. The van der Waals surface area contributed by atoms with Gasteiger partial charge in [0.2, 0.25) is 0 Å². The van der Waals surface area contributed by atoms with E-state index in [1.54, 1.807) is 0 Å². The van der Waals surface area contributed by atoms with E-state index in [2.05, 4.69) is 13.8 Å². The number of rotatable bonds is 7. The highest BCUT2D eigenvalue weighted by Gasteiger charge is 2.33. The first-order valence-corrected chi connectivity index (χ1v) is 6.47. The molecule has 88 valence electrons. The Labute approximate surface area is 93.4 Å². The van der Waals surface area contributed by atoms with Crippen molar-refractivity contribution in [3.05, 3.63) is 0 Å². The van der Waals surface area contributed by atoms with Gasteiger partial charge in [-0.15, -0.1) is 0 Å². The van der Waals surface area contributed by atoms with Crippen molar-refractivity contribution in [2.45, 2.75) is 71.3 Å². The number of cyclic esters (lactones) is 1. The van der Waals surface area contributed by atoms with Crippen molar-refractivity contribution in [3.8, 4) is 0 Å². The molecule has 2 heteroatoms. The minimum absolute atomic E-state index is 0.0222. The lowest BCUT2D eigenvalue weighted by Crippen LogP contribution is -2.15. The molecule has 1 fully saturated rings. The highest BCUT2D eigenvalue weighted by Crippen LogP contribution is 2.30. The van der Waals surface area contributed by atoms with Gasteiger partial charge < -0.3 is 4.74 Å². The van der Waals surface area contributed by atoms with Crippen molar-refractivity contribution in [1.29, 1.82) is 0 Å². The minimum atomic E-state index is 0.0222. The van der Waals surface area contributed by atoms with E-state index < -0.39 is 0 Å². The maximum Gasteiger partial charge on any atom is 0.306 e. The summed E-state index contributed by atoms with van der Waals surface area (Å²) in [6.07, 6.45) is 9.39. The molecule has 0 spiro atoms. The van der Waals surface area contributed by atoms with E-state index in [-0.39, 0.29) is 12.1 Å². The van der Waals surface area contributed by atoms with Gasteiger partial charge in [0, 0.05) is 5.92 Å². The molecule has 0 aromatic rings. The third-order valence-electron chi connectivity index (χ3n) is 3.24. The van der Waals surface area contributed by atoms with Crippen LogP contribution in [0.2, 0.25) is 0 Å². The molecule has 0 aliphatic carbocycles. The van der Waals surface area contributed by atoms with E-state index in [0.29, 0.717) is 12.3 Å². The van der Waals surface area contributed by atoms with E-state index in [9.17, 15) is 4.79 Å². The van der Waals surface area contributed by atoms with Gasteiger partial charge in [0.15, 0.2) is 0 Å². The molecule has 15 heavy (non-hydrogen) atoms. The average molecular weight is 212 g/mol. The van der Waals surface area contributed by atoms with Crippen LogP contribution in [0.1, 0.15) is 65.2 Å². The summed E-state index contributed by atoms with van der Waals surface area (Å²) in [6.45, 7) is 4.38. The molecule has 0 N–H and O–H groups in total. The number of carbonyl (C=O) groups excluding carboxylic acids is 1. The van der Waals surface area contributed by atoms with E-state index in [0.717, 1.165) is 12.8 Å². The Hall–Kier alpha value is -0.530.